The number of ether oxygens (including phenoxy) is 1. The molecule has 7 rings (SSSR count). The van der Waals surface area contributed by atoms with E-state index in [9.17, 15) is 0 Å². The number of pyridine rings is 1. The van der Waals surface area contributed by atoms with E-state index in [-0.39, 0.29) is 31.9 Å². The van der Waals surface area contributed by atoms with Gasteiger partial charge in [-0.15, -0.1) is 35.7 Å². The molecule has 0 aliphatic heterocycles. The summed E-state index contributed by atoms with van der Waals surface area (Å²) in [6.07, 6.45) is 1.91. The summed E-state index contributed by atoms with van der Waals surface area (Å²) in [6, 6.07) is 37.1. The summed E-state index contributed by atoms with van der Waals surface area (Å²) in [7, 11) is 0. The number of aryl methyl sites for hydroxylation is 2. The zero-order chi connectivity index (χ0) is 35.5. The Bertz CT molecular complexity index is 2370. The van der Waals surface area contributed by atoms with Crippen molar-refractivity contribution in [3.05, 3.63) is 131 Å². The largest absolute Gasteiger partial charge is 2.00 e. The van der Waals surface area contributed by atoms with Gasteiger partial charge in [-0.1, -0.05) is 110 Å². The number of fused-ring (bicyclic) bond motifs is 3. The van der Waals surface area contributed by atoms with E-state index in [0.29, 0.717) is 17.4 Å². The molecule has 262 valence electrons. The summed E-state index contributed by atoms with van der Waals surface area (Å²) < 4.78 is 10.9. The van der Waals surface area contributed by atoms with Crippen molar-refractivity contribution in [1.29, 1.82) is 0 Å². The molecule has 0 fully saturated rings. The Morgan fingerprint density at radius 2 is 1.49 bits per heavy atom. The molecule has 0 atom stereocenters. The van der Waals surface area contributed by atoms with Gasteiger partial charge in [0, 0.05) is 34.2 Å². The molecule has 0 amide bonds. The van der Waals surface area contributed by atoms with E-state index in [2.05, 4.69) is 153 Å². The second-order valence-corrected chi connectivity index (χ2v) is 15.9. The summed E-state index contributed by atoms with van der Waals surface area (Å²) >= 11 is 0. The number of hydrogen-bond donors (Lipinski definition) is 0. The molecule has 0 saturated carbocycles. The van der Waals surface area contributed by atoms with Crippen LogP contribution >= 0.6 is 0 Å². The molecule has 3 heterocycles. The number of aromatic nitrogens is 4. The SMILES string of the molecule is Cc1cc(Oc2[c-]c3c(cc2)c2cc(C(C)C)ccc2n3-c2cc(C(C)(C)C)ccn2)[c-]c(-n2nc(C)c(-c3ccccc3)c2C(C)(C)C)c1.[Pt+2]. The quantitative estimate of drug-likeness (QED) is 0.157. The predicted molar refractivity (Wildman–Crippen MR) is 206 cm³/mol. The topological polar surface area (TPSA) is 44.9 Å². The van der Waals surface area contributed by atoms with Crippen LogP contribution in [-0.2, 0) is 31.9 Å². The van der Waals surface area contributed by atoms with Gasteiger partial charge in [-0.25, -0.2) is 4.98 Å². The van der Waals surface area contributed by atoms with E-state index >= 15 is 0 Å². The van der Waals surface area contributed by atoms with Crippen LogP contribution in [0, 0.1) is 26.0 Å². The smallest absolute Gasteiger partial charge is 0.509 e. The zero-order valence-electron chi connectivity index (χ0n) is 31.3. The maximum absolute atomic E-state index is 6.62. The van der Waals surface area contributed by atoms with Gasteiger partial charge in [-0.05, 0) is 64.2 Å². The first-order valence-electron chi connectivity index (χ1n) is 17.5. The van der Waals surface area contributed by atoms with Crippen molar-refractivity contribution in [2.75, 3.05) is 0 Å². The minimum Gasteiger partial charge on any atom is -0.509 e. The summed E-state index contributed by atoms with van der Waals surface area (Å²) in [6.45, 7) is 22.0. The van der Waals surface area contributed by atoms with Gasteiger partial charge in [-0.3, -0.25) is 4.68 Å². The van der Waals surface area contributed by atoms with Gasteiger partial charge in [0.1, 0.15) is 5.82 Å². The van der Waals surface area contributed by atoms with Crippen molar-refractivity contribution in [1.82, 2.24) is 19.3 Å². The van der Waals surface area contributed by atoms with Crippen LogP contribution in [0.1, 0.15) is 89.4 Å². The van der Waals surface area contributed by atoms with Crippen LogP contribution in [0.4, 0.5) is 0 Å². The molecule has 0 aliphatic carbocycles. The van der Waals surface area contributed by atoms with Crippen LogP contribution in [-0.4, -0.2) is 19.3 Å². The second-order valence-electron chi connectivity index (χ2n) is 15.9. The van der Waals surface area contributed by atoms with Gasteiger partial charge in [0.25, 0.3) is 0 Å². The molecule has 0 radical (unpaired) electrons. The van der Waals surface area contributed by atoms with Crippen molar-refractivity contribution in [2.24, 2.45) is 0 Å². The van der Waals surface area contributed by atoms with Crippen LogP contribution in [0.25, 0.3) is 44.4 Å². The van der Waals surface area contributed by atoms with E-state index in [4.69, 9.17) is 14.8 Å². The van der Waals surface area contributed by atoms with Crippen molar-refractivity contribution in [3.63, 3.8) is 0 Å². The van der Waals surface area contributed by atoms with Crippen molar-refractivity contribution < 1.29 is 25.8 Å². The second kappa shape index (κ2) is 13.6. The molecule has 0 unspecified atom stereocenters. The molecule has 0 bridgehead atoms. The molecule has 0 spiro atoms. The maximum Gasteiger partial charge on any atom is 2.00 e. The van der Waals surface area contributed by atoms with Gasteiger partial charge in [0.15, 0.2) is 0 Å². The average molecular weight is 854 g/mol. The Morgan fingerprint density at radius 3 is 2.18 bits per heavy atom. The Hall–Kier alpha value is -4.47. The standard InChI is InChI=1S/C45H46N4O.Pt/c1-28(2)32-16-19-39-38(24-32)37-18-17-35(27-40(37)48(39)41-25-33(20-21-46-41)44(5,6)7)50-36-23-29(3)22-34(26-36)49-43(45(8,9)10)42(30(4)47-49)31-14-12-11-13-15-31;/h11-25,28H,1-10H3;/q-2;+2. The van der Waals surface area contributed by atoms with Crippen molar-refractivity contribution >= 4 is 21.8 Å². The Labute approximate surface area is 317 Å². The first-order valence-corrected chi connectivity index (χ1v) is 17.5. The molecule has 3 aromatic heterocycles. The monoisotopic (exact) mass is 853 g/mol. The van der Waals surface area contributed by atoms with Gasteiger partial charge in [0.05, 0.1) is 11.4 Å². The van der Waals surface area contributed by atoms with E-state index in [1.807, 2.05) is 29.1 Å². The fourth-order valence-electron chi connectivity index (χ4n) is 6.90. The summed E-state index contributed by atoms with van der Waals surface area (Å²) in [4.78, 5) is 4.87. The molecule has 51 heavy (non-hydrogen) atoms. The van der Waals surface area contributed by atoms with Crippen LogP contribution < -0.4 is 4.74 Å². The maximum atomic E-state index is 6.62. The Morgan fingerprint density at radius 1 is 0.745 bits per heavy atom. The van der Waals surface area contributed by atoms with Crippen molar-refractivity contribution in [2.45, 2.75) is 86.0 Å². The third-order valence-corrected chi connectivity index (χ3v) is 9.44. The van der Waals surface area contributed by atoms with Gasteiger partial charge < -0.3 is 9.30 Å². The Kier molecular flexibility index (Phi) is 9.67. The fourth-order valence-corrected chi connectivity index (χ4v) is 6.90. The number of nitrogens with zero attached hydrogens (tertiary/aromatic N) is 4. The molecule has 6 heteroatoms. The molecule has 0 N–H and O–H groups in total. The normalized spacial score (nSPS) is 12.1. The minimum atomic E-state index is -0.176. The molecule has 7 aromatic rings. The summed E-state index contributed by atoms with van der Waals surface area (Å²) in [5, 5.41) is 7.37. The zero-order valence-corrected chi connectivity index (χ0v) is 33.5. The average Bonchev–Trinajstić information content (AvgIpc) is 3.59. The van der Waals surface area contributed by atoms with Crippen LogP contribution in [0.5, 0.6) is 11.5 Å². The van der Waals surface area contributed by atoms with Gasteiger partial charge in [-0.2, -0.15) is 16.7 Å². The van der Waals surface area contributed by atoms with E-state index in [0.717, 1.165) is 56.0 Å². The van der Waals surface area contributed by atoms with E-state index in [1.54, 1.807) is 0 Å². The van der Waals surface area contributed by atoms with Gasteiger partial charge in [0.2, 0.25) is 0 Å². The summed E-state index contributed by atoms with van der Waals surface area (Å²) in [5.74, 6) is 2.51. The molecule has 0 aliphatic rings. The van der Waals surface area contributed by atoms with Crippen LogP contribution in [0.2, 0.25) is 0 Å². The Balaban J connectivity index is 0.00000448. The third kappa shape index (κ3) is 6.94. The van der Waals surface area contributed by atoms with E-state index in [1.165, 1.54) is 16.5 Å². The number of hydrogen-bond acceptors (Lipinski definition) is 3. The first kappa shape index (κ1) is 36.3. The summed E-state index contributed by atoms with van der Waals surface area (Å²) in [5.41, 5.74) is 10.7. The fraction of sp³-hybridized carbons (Fsp3) is 0.289. The molecule has 5 nitrogen and oxygen atoms in total. The van der Waals surface area contributed by atoms with Gasteiger partial charge >= 0.3 is 21.1 Å². The molecule has 4 aromatic carbocycles. The first-order chi connectivity index (χ1) is 23.7. The minimum absolute atomic E-state index is 0. The number of rotatable bonds is 6. The molecular weight excluding hydrogens is 808 g/mol. The molecule has 0 saturated heterocycles. The van der Waals surface area contributed by atoms with Crippen LogP contribution in [0.15, 0.2) is 91.1 Å². The molecular formula is C45H46N4OPt. The van der Waals surface area contributed by atoms with Crippen molar-refractivity contribution in [3.8, 4) is 34.1 Å². The number of benzene rings is 4. The third-order valence-electron chi connectivity index (χ3n) is 9.44. The van der Waals surface area contributed by atoms with E-state index < -0.39 is 0 Å². The van der Waals surface area contributed by atoms with Crippen LogP contribution in [0.3, 0.4) is 0 Å². The predicted octanol–water partition coefficient (Wildman–Crippen LogP) is 11.8.